The molecule has 0 bridgehead atoms. The Labute approximate surface area is 143 Å². The van der Waals surface area contributed by atoms with Crippen molar-refractivity contribution in [2.24, 2.45) is 0 Å². The van der Waals surface area contributed by atoms with Crippen LogP contribution in [-0.4, -0.2) is 8.42 Å². The molecule has 4 rings (SSSR count). The predicted octanol–water partition coefficient (Wildman–Crippen LogP) is 4.82. The fraction of sp³-hybridized carbons (Fsp3) is 0. The lowest BCUT2D eigenvalue weighted by molar-refractivity contribution is 0.594. The second-order valence-corrected chi connectivity index (χ2v) is 8.13. The van der Waals surface area contributed by atoms with Crippen molar-refractivity contribution >= 4 is 33.2 Å². The third-order valence-electron chi connectivity index (χ3n) is 3.74. The number of anilines is 2. The van der Waals surface area contributed by atoms with Crippen molar-refractivity contribution in [3.05, 3.63) is 78.6 Å². The fourth-order valence-electron chi connectivity index (χ4n) is 2.64. The summed E-state index contributed by atoms with van der Waals surface area (Å²) in [5.74, 6) is -0.469. The number of fused-ring (bicyclic) bond motifs is 2. The smallest absolute Gasteiger partial charge is 0.232 e. The van der Waals surface area contributed by atoms with Crippen molar-refractivity contribution in [1.82, 2.24) is 0 Å². The first kappa shape index (κ1) is 15.2. The van der Waals surface area contributed by atoms with Crippen molar-refractivity contribution in [2.45, 2.75) is 14.7 Å². The summed E-state index contributed by atoms with van der Waals surface area (Å²) >= 11 is 1.53. The topological polar surface area (TPSA) is 37.4 Å². The molecule has 0 radical (unpaired) electrons. The van der Waals surface area contributed by atoms with E-state index in [-0.39, 0.29) is 4.90 Å². The lowest BCUT2D eigenvalue weighted by atomic mass is 10.2. The number of benzene rings is 3. The molecule has 1 aliphatic heterocycles. The molecule has 1 aliphatic rings. The number of para-hydroxylation sites is 2. The maximum Gasteiger partial charge on any atom is 0.268 e. The van der Waals surface area contributed by atoms with Gasteiger partial charge in [0.05, 0.1) is 16.3 Å². The molecule has 6 heteroatoms. The summed E-state index contributed by atoms with van der Waals surface area (Å²) in [4.78, 5) is 1.78. The van der Waals surface area contributed by atoms with Gasteiger partial charge in [-0.2, -0.15) is 0 Å². The van der Waals surface area contributed by atoms with E-state index in [1.54, 1.807) is 24.3 Å². The van der Waals surface area contributed by atoms with E-state index in [0.717, 1.165) is 21.9 Å². The van der Waals surface area contributed by atoms with Crippen LogP contribution in [0.5, 0.6) is 0 Å². The molecule has 0 N–H and O–H groups in total. The summed E-state index contributed by atoms with van der Waals surface area (Å²) in [6.45, 7) is 0. The lowest BCUT2D eigenvalue weighted by Gasteiger charge is -2.31. The summed E-state index contributed by atoms with van der Waals surface area (Å²) in [7, 11) is -3.85. The van der Waals surface area contributed by atoms with E-state index in [9.17, 15) is 12.8 Å². The molecule has 3 nitrogen and oxygen atoms in total. The van der Waals surface area contributed by atoms with Crippen LogP contribution in [0.1, 0.15) is 0 Å². The van der Waals surface area contributed by atoms with Gasteiger partial charge >= 0.3 is 0 Å². The summed E-state index contributed by atoms with van der Waals surface area (Å²) in [6.07, 6.45) is 0. The summed E-state index contributed by atoms with van der Waals surface area (Å²) in [5.41, 5.74) is 1.20. The molecular weight excluding hydrogens is 345 g/mol. The maximum absolute atomic E-state index is 13.2. The third-order valence-corrected chi connectivity index (χ3v) is 6.61. The molecule has 0 amide bonds. The SMILES string of the molecule is O=S(=O)(c1ccc(F)cc1)N1c2ccccc2Sc2ccccc21. The molecule has 24 heavy (non-hydrogen) atoms. The van der Waals surface area contributed by atoms with Gasteiger partial charge in [-0.15, -0.1) is 0 Å². The van der Waals surface area contributed by atoms with Gasteiger partial charge in [0, 0.05) is 9.79 Å². The van der Waals surface area contributed by atoms with Gasteiger partial charge in [0.15, 0.2) is 0 Å². The third kappa shape index (κ3) is 2.39. The predicted molar refractivity (Wildman–Crippen MR) is 92.7 cm³/mol. The number of halogens is 1. The molecule has 0 saturated heterocycles. The fourth-order valence-corrected chi connectivity index (χ4v) is 5.34. The van der Waals surface area contributed by atoms with Gasteiger partial charge in [0.25, 0.3) is 10.0 Å². The molecular formula is C18H12FNO2S2. The number of sulfonamides is 1. The molecule has 0 fully saturated rings. The largest absolute Gasteiger partial charge is 0.268 e. The minimum absolute atomic E-state index is 0.0559. The van der Waals surface area contributed by atoms with Gasteiger partial charge in [0.1, 0.15) is 5.82 Å². The Hall–Kier alpha value is -2.31. The minimum atomic E-state index is -3.85. The monoisotopic (exact) mass is 357 g/mol. The van der Waals surface area contributed by atoms with E-state index >= 15 is 0 Å². The zero-order valence-electron chi connectivity index (χ0n) is 12.4. The zero-order valence-corrected chi connectivity index (χ0v) is 14.0. The molecule has 0 saturated carbocycles. The molecule has 0 aliphatic carbocycles. The molecule has 3 aromatic carbocycles. The molecule has 1 heterocycles. The Morgan fingerprint density at radius 1 is 0.750 bits per heavy atom. The van der Waals surface area contributed by atoms with E-state index in [2.05, 4.69) is 0 Å². The van der Waals surface area contributed by atoms with Gasteiger partial charge < -0.3 is 0 Å². The highest BCUT2D eigenvalue weighted by molar-refractivity contribution is 8.00. The average molecular weight is 357 g/mol. The van der Waals surface area contributed by atoms with E-state index in [0.29, 0.717) is 11.4 Å². The molecule has 3 aromatic rings. The van der Waals surface area contributed by atoms with Gasteiger partial charge in [-0.3, -0.25) is 0 Å². The average Bonchev–Trinajstić information content (AvgIpc) is 2.59. The molecule has 0 aromatic heterocycles. The van der Waals surface area contributed by atoms with Gasteiger partial charge in [-0.05, 0) is 48.5 Å². The van der Waals surface area contributed by atoms with Crippen molar-refractivity contribution in [2.75, 3.05) is 4.31 Å². The first-order valence-corrected chi connectivity index (χ1v) is 9.50. The van der Waals surface area contributed by atoms with Gasteiger partial charge in [0.2, 0.25) is 0 Å². The van der Waals surface area contributed by atoms with E-state index < -0.39 is 15.8 Å². The van der Waals surface area contributed by atoms with Gasteiger partial charge in [-0.25, -0.2) is 17.1 Å². The molecule has 0 spiro atoms. The number of hydrogen-bond acceptors (Lipinski definition) is 3. The van der Waals surface area contributed by atoms with Crippen molar-refractivity contribution < 1.29 is 12.8 Å². The summed E-state index contributed by atoms with van der Waals surface area (Å²) in [5, 5.41) is 0. The second kappa shape index (κ2) is 5.65. The van der Waals surface area contributed by atoms with Crippen LogP contribution in [0.3, 0.4) is 0 Å². The maximum atomic E-state index is 13.2. The molecule has 0 atom stereocenters. The Kier molecular flexibility index (Phi) is 3.58. The Morgan fingerprint density at radius 2 is 1.25 bits per heavy atom. The molecule has 120 valence electrons. The highest BCUT2D eigenvalue weighted by Gasteiger charge is 2.33. The molecule has 0 unspecified atom stereocenters. The van der Waals surface area contributed by atoms with Crippen LogP contribution in [0.2, 0.25) is 0 Å². The van der Waals surface area contributed by atoms with Crippen molar-refractivity contribution in [1.29, 1.82) is 0 Å². The Morgan fingerprint density at radius 3 is 1.79 bits per heavy atom. The number of hydrogen-bond donors (Lipinski definition) is 0. The van der Waals surface area contributed by atoms with Crippen LogP contribution in [0.4, 0.5) is 15.8 Å². The van der Waals surface area contributed by atoms with Crippen LogP contribution < -0.4 is 4.31 Å². The lowest BCUT2D eigenvalue weighted by Crippen LogP contribution is -2.28. The normalized spacial score (nSPS) is 13.3. The number of rotatable bonds is 2. The van der Waals surface area contributed by atoms with Crippen LogP contribution in [-0.2, 0) is 10.0 Å². The second-order valence-electron chi connectivity index (χ2n) is 5.26. The highest BCUT2D eigenvalue weighted by atomic mass is 32.2. The van der Waals surface area contributed by atoms with Crippen LogP contribution in [0.25, 0.3) is 0 Å². The van der Waals surface area contributed by atoms with E-state index in [4.69, 9.17) is 0 Å². The summed E-state index contributed by atoms with van der Waals surface area (Å²) in [6, 6.07) is 19.6. The van der Waals surface area contributed by atoms with Crippen molar-refractivity contribution in [3.8, 4) is 0 Å². The van der Waals surface area contributed by atoms with E-state index in [1.807, 2.05) is 24.3 Å². The van der Waals surface area contributed by atoms with E-state index in [1.165, 1.54) is 28.2 Å². The van der Waals surface area contributed by atoms with Crippen LogP contribution >= 0.6 is 11.8 Å². The first-order valence-electron chi connectivity index (χ1n) is 7.24. The Balaban J connectivity index is 1.96. The zero-order chi connectivity index (χ0) is 16.7. The first-order chi connectivity index (χ1) is 11.6. The van der Waals surface area contributed by atoms with Crippen LogP contribution in [0, 0.1) is 5.82 Å². The Bertz CT molecular complexity index is 972. The minimum Gasteiger partial charge on any atom is -0.232 e. The summed E-state index contributed by atoms with van der Waals surface area (Å²) < 4.78 is 41.0. The van der Waals surface area contributed by atoms with Crippen molar-refractivity contribution in [3.63, 3.8) is 0 Å². The highest BCUT2D eigenvalue weighted by Crippen LogP contribution is 2.49. The van der Waals surface area contributed by atoms with Crippen LogP contribution in [0.15, 0.2) is 87.5 Å². The number of nitrogens with zero attached hydrogens (tertiary/aromatic N) is 1. The van der Waals surface area contributed by atoms with Gasteiger partial charge in [-0.1, -0.05) is 36.0 Å². The quantitative estimate of drug-likeness (QED) is 0.660. The standard InChI is InChI=1S/C18H12FNO2S2/c19-13-9-11-14(12-10-13)24(21,22)20-15-5-1-3-7-17(15)23-18-8-4-2-6-16(18)20/h1-12H.